The molecule has 2 N–H and O–H groups in total. The van der Waals surface area contributed by atoms with Crippen LogP contribution in [0.1, 0.15) is 53.5 Å². The highest BCUT2D eigenvalue weighted by molar-refractivity contribution is 5.27. The summed E-state index contributed by atoms with van der Waals surface area (Å²) in [4.78, 5) is 0. The predicted molar refractivity (Wildman–Crippen MR) is 98.0 cm³/mol. The maximum absolute atomic E-state index is 5.86. The molecule has 3 heteroatoms. The van der Waals surface area contributed by atoms with Gasteiger partial charge in [-0.25, -0.2) is 0 Å². The van der Waals surface area contributed by atoms with E-state index in [0.717, 1.165) is 12.2 Å². The topological polar surface area (TPSA) is 44.5 Å². The number of ether oxygens (including phenoxy) is 2. The van der Waals surface area contributed by atoms with Gasteiger partial charge in [-0.1, -0.05) is 39.8 Å². The minimum atomic E-state index is -0.286. The Morgan fingerprint density at radius 1 is 1.00 bits per heavy atom. The molecule has 1 atom stereocenters. The molecule has 0 saturated heterocycles. The van der Waals surface area contributed by atoms with Crippen LogP contribution in [0.2, 0.25) is 0 Å². The van der Waals surface area contributed by atoms with Crippen LogP contribution in [0.4, 0.5) is 0 Å². The van der Waals surface area contributed by atoms with Crippen molar-refractivity contribution in [2.75, 3.05) is 19.8 Å². The highest BCUT2D eigenvalue weighted by atomic mass is 16.5. The fourth-order valence-corrected chi connectivity index (χ4v) is 2.80. The molecule has 0 saturated carbocycles. The van der Waals surface area contributed by atoms with Gasteiger partial charge in [0.1, 0.15) is 12.4 Å². The van der Waals surface area contributed by atoms with Crippen LogP contribution < -0.4 is 10.5 Å². The van der Waals surface area contributed by atoms with Crippen molar-refractivity contribution in [3.05, 3.63) is 29.8 Å². The number of benzene rings is 1. The van der Waals surface area contributed by atoms with Crippen LogP contribution >= 0.6 is 0 Å². The Balaban J connectivity index is 2.31. The molecule has 3 nitrogen and oxygen atoms in total. The van der Waals surface area contributed by atoms with E-state index in [4.69, 9.17) is 15.2 Å². The Morgan fingerprint density at radius 3 is 2.13 bits per heavy atom. The molecule has 0 fully saturated rings. The molecule has 0 amide bonds. The third-order valence-corrected chi connectivity index (χ3v) is 3.44. The third-order valence-electron chi connectivity index (χ3n) is 3.44. The first-order chi connectivity index (χ1) is 10.6. The largest absolute Gasteiger partial charge is 0.491 e. The summed E-state index contributed by atoms with van der Waals surface area (Å²) in [7, 11) is 0. The average molecular weight is 322 g/mol. The molecule has 0 spiro atoms. The van der Waals surface area contributed by atoms with Gasteiger partial charge in [-0.15, -0.1) is 0 Å². The molecule has 0 bridgehead atoms. The number of rotatable bonds is 9. The first kappa shape index (κ1) is 20.0. The molecule has 0 heterocycles. The van der Waals surface area contributed by atoms with E-state index >= 15 is 0 Å². The van der Waals surface area contributed by atoms with E-state index in [-0.39, 0.29) is 5.54 Å². The lowest BCUT2D eigenvalue weighted by Gasteiger charge is -2.23. The fraction of sp³-hybridized carbons (Fsp3) is 0.700. The van der Waals surface area contributed by atoms with Gasteiger partial charge in [0.05, 0.1) is 13.2 Å². The van der Waals surface area contributed by atoms with Gasteiger partial charge < -0.3 is 15.2 Å². The second-order valence-electron chi connectivity index (χ2n) is 8.61. The highest BCUT2D eigenvalue weighted by Gasteiger charge is 2.15. The number of nitrogens with two attached hydrogens (primary N) is 1. The molecule has 1 unspecified atom stereocenters. The smallest absolute Gasteiger partial charge is 0.119 e. The maximum atomic E-state index is 5.86. The van der Waals surface area contributed by atoms with Gasteiger partial charge in [0.25, 0.3) is 0 Å². The Hall–Kier alpha value is -1.06. The van der Waals surface area contributed by atoms with Crippen LogP contribution in [0.5, 0.6) is 5.75 Å². The zero-order chi connectivity index (χ0) is 17.5. The first-order valence-corrected chi connectivity index (χ1v) is 8.63. The van der Waals surface area contributed by atoms with Crippen molar-refractivity contribution in [1.82, 2.24) is 0 Å². The van der Waals surface area contributed by atoms with Crippen LogP contribution in [0.25, 0.3) is 0 Å². The Bertz CT molecular complexity index is 440. The molecule has 132 valence electrons. The zero-order valence-electron chi connectivity index (χ0n) is 15.8. The van der Waals surface area contributed by atoms with Gasteiger partial charge in [-0.2, -0.15) is 0 Å². The standard InChI is InChI=1S/C20H35NO2/c1-16(14-19(2,3)4)13-17-7-9-18(10-8-17)23-12-11-22-15-20(5,6)21/h7-10,16H,11-15,21H2,1-6H3. The number of hydrogen-bond acceptors (Lipinski definition) is 3. The van der Waals surface area contributed by atoms with Crippen molar-refractivity contribution >= 4 is 0 Å². The molecule has 23 heavy (non-hydrogen) atoms. The predicted octanol–water partition coefficient (Wildman–Crippen LogP) is 4.43. The zero-order valence-corrected chi connectivity index (χ0v) is 15.8. The summed E-state index contributed by atoms with van der Waals surface area (Å²) in [6.07, 6.45) is 2.35. The van der Waals surface area contributed by atoms with E-state index in [0.29, 0.717) is 31.2 Å². The van der Waals surface area contributed by atoms with E-state index in [1.54, 1.807) is 0 Å². The van der Waals surface area contributed by atoms with Gasteiger partial charge in [0, 0.05) is 5.54 Å². The van der Waals surface area contributed by atoms with Crippen molar-refractivity contribution < 1.29 is 9.47 Å². The SMILES string of the molecule is CC(Cc1ccc(OCCOCC(C)(C)N)cc1)CC(C)(C)C. The minimum absolute atomic E-state index is 0.286. The summed E-state index contributed by atoms with van der Waals surface area (Å²) in [5, 5.41) is 0. The molecule has 1 aromatic rings. The highest BCUT2D eigenvalue weighted by Crippen LogP contribution is 2.26. The summed E-state index contributed by atoms with van der Waals surface area (Å²) in [5.41, 5.74) is 7.33. The van der Waals surface area contributed by atoms with Crippen LogP contribution in [-0.2, 0) is 11.2 Å². The van der Waals surface area contributed by atoms with Crippen molar-refractivity contribution in [3.8, 4) is 5.75 Å². The van der Waals surface area contributed by atoms with Crippen molar-refractivity contribution in [3.63, 3.8) is 0 Å². The van der Waals surface area contributed by atoms with Crippen molar-refractivity contribution in [2.24, 2.45) is 17.1 Å². The number of hydrogen-bond donors (Lipinski definition) is 1. The van der Waals surface area contributed by atoms with Gasteiger partial charge in [0.15, 0.2) is 0 Å². The fourth-order valence-electron chi connectivity index (χ4n) is 2.80. The summed E-state index contributed by atoms with van der Waals surface area (Å²) in [6.45, 7) is 14.8. The summed E-state index contributed by atoms with van der Waals surface area (Å²) < 4.78 is 11.2. The molecular weight excluding hydrogens is 286 g/mol. The van der Waals surface area contributed by atoms with E-state index < -0.39 is 0 Å². The third kappa shape index (κ3) is 10.4. The van der Waals surface area contributed by atoms with Gasteiger partial charge in [0.2, 0.25) is 0 Å². The maximum Gasteiger partial charge on any atom is 0.119 e. The molecule has 0 aliphatic carbocycles. The van der Waals surface area contributed by atoms with E-state index in [1.807, 2.05) is 26.0 Å². The Kier molecular flexibility index (Phi) is 7.56. The van der Waals surface area contributed by atoms with Crippen LogP contribution in [-0.4, -0.2) is 25.4 Å². The van der Waals surface area contributed by atoms with Crippen molar-refractivity contribution in [1.29, 1.82) is 0 Å². The Labute approximate surface area is 142 Å². The monoisotopic (exact) mass is 321 g/mol. The Morgan fingerprint density at radius 2 is 1.61 bits per heavy atom. The first-order valence-electron chi connectivity index (χ1n) is 8.63. The van der Waals surface area contributed by atoms with Gasteiger partial charge in [-0.05, 0) is 55.7 Å². The lowest BCUT2D eigenvalue weighted by Crippen LogP contribution is -2.37. The average Bonchev–Trinajstić information content (AvgIpc) is 2.36. The van der Waals surface area contributed by atoms with Crippen LogP contribution in [0, 0.1) is 11.3 Å². The molecule has 0 radical (unpaired) electrons. The lowest BCUT2D eigenvalue weighted by atomic mass is 9.83. The summed E-state index contributed by atoms with van der Waals surface area (Å²) in [5.74, 6) is 1.59. The van der Waals surface area contributed by atoms with E-state index in [1.165, 1.54) is 12.0 Å². The molecule has 0 aromatic heterocycles. The lowest BCUT2D eigenvalue weighted by molar-refractivity contribution is 0.0724. The second kappa shape index (κ2) is 8.70. The van der Waals surface area contributed by atoms with E-state index in [9.17, 15) is 0 Å². The van der Waals surface area contributed by atoms with Crippen LogP contribution in [0.3, 0.4) is 0 Å². The van der Waals surface area contributed by atoms with E-state index in [2.05, 4.69) is 39.8 Å². The molecular formula is C20H35NO2. The molecule has 0 aliphatic rings. The summed E-state index contributed by atoms with van der Waals surface area (Å²) in [6, 6.07) is 8.43. The van der Waals surface area contributed by atoms with Crippen LogP contribution in [0.15, 0.2) is 24.3 Å². The minimum Gasteiger partial charge on any atom is -0.491 e. The quantitative estimate of drug-likeness (QED) is 0.684. The van der Waals surface area contributed by atoms with Gasteiger partial charge in [-0.3, -0.25) is 0 Å². The molecule has 1 aromatic carbocycles. The molecule has 1 rings (SSSR count). The molecule has 0 aliphatic heterocycles. The summed E-state index contributed by atoms with van der Waals surface area (Å²) >= 11 is 0. The van der Waals surface area contributed by atoms with Crippen molar-refractivity contribution in [2.45, 2.75) is 59.9 Å². The normalized spacial score (nSPS) is 13.9. The second-order valence-corrected chi connectivity index (χ2v) is 8.61. The van der Waals surface area contributed by atoms with Gasteiger partial charge >= 0.3 is 0 Å².